The Bertz CT molecular complexity index is 523. The van der Waals surface area contributed by atoms with Crippen LogP contribution in [0.5, 0.6) is 0 Å². The first-order valence-corrected chi connectivity index (χ1v) is 9.93. The number of likely N-dealkylation sites (N-methyl/N-ethyl adjacent to an activating group) is 1. The summed E-state index contributed by atoms with van der Waals surface area (Å²) in [4.78, 5) is 7.02. The lowest BCUT2D eigenvalue weighted by atomic mass is 9.72. The van der Waals surface area contributed by atoms with Gasteiger partial charge in [0.25, 0.3) is 0 Å². The van der Waals surface area contributed by atoms with Gasteiger partial charge >= 0.3 is 0 Å². The highest BCUT2D eigenvalue weighted by Crippen LogP contribution is 2.39. The van der Waals surface area contributed by atoms with Gasteiger partial charge in [0.15, 0.2) is 5.96 Å². The topological polar surface area (TPSA) is 73.0 Å². The van der Waals surface area contributed by atoms with Crippen LogP contribution >= 0.6 is 24.0 Å². The van der Waals surface area contributed by atoms with Gasteiger partial charge in [-0.25, -0.2) is 0 Å². The Morgan fingerprint density at radius 1 is 1.30 bits per heavy atom. The van der Waals surface area contributed by atoms with E-state index in [1.54, 1.807) is 6.26 Å². The molecule has 0 aliphatic heterocycles. The lowest BCUT2D eigenvalue weighted by molar-refractivity contribution is 0.137. The van der Waals surface area contributed by atoms with E-state index in [4.69, 9.17) is 9.41 Å². The van der Waals surface area contributed by atoms with E-state index in [2.05, 4.69) is 36.6 Å². The Kier molecular flexibility index (Phi) is 11.3. The molecule has 27 heavy (non-hydrogen) atoms. The third-order valence-corrected chi connectivity index (χ3v) is 5.43. The molecule has 1 aromatic rings. The van der Waals surface area contributed by atoms with Gasteiger partial charge in [-0.2, -0.15) is 0 Å². The van der Waals surface area contributed by atoms with Crippen molar-refractivity contribution in [2.24, 2.45) is 10.4 Å². The molecule has 7 heteroatoms. The minimum absolute atomic E-state index is 0. The molecule has 0 bridgehead atoms. The summed E-state index contributed by atoms with van der Waals surface area (Å²) in [7, 11) is 4.11. The number of nitrogens with zero attached hydrogens (tertiary/aromatic N) is 2. The van der Waals surface area contributed by atoms with Crippen molar-refractivity contribution in [2.75, 3.05) is 40.3 Å². The lowest BCUT2D eigenvalue weighted by Crippen LogP contribution is -2.42. The van der Waals surface area contributed by atoms with Crippen molar-refractivity contribution >= 4 is 29.9 Å². The van der Waals surface area contributed by atoms with Gasteiger partial charge in [0.2, 0.25) is 0 Å². The van der Waals surface area contributed by atoms with Gasteiger partial charge in [-0.05, 0) is 57.8 Å². The second-order valence-electron chi connectivity index (χ2n) is 7.61. The van der Waals surface area contributed by atoms with Gasteiger partial charge in [-0.3, -0.25) is 9.89 Å². The van der Waals surface area contributed by atoms with E-state index in [1.165, 1.54) is 32.1 Å². The second kappa shape index (κ2) is 12.6. The Hall–Kier alpha value is -0.800. The monoisotopic (exact) mass is 492 g/mol. The fourth-order valence-electron chi connectivity index (χ4n) is 3.83. The second-order valence-corrected chi connectivity index (χ2v) is 7.61. The van der Waals surface area contributed by atoms with E-state index in [1.807, 2.05) is 12.1 Å². The van der Waals surface area contributed by atoms with E-state index in [0.29, 0.717) is 0 Å². The fourth-order valence-corrected chi connectivity index (χ4v) is 3.83. The number of guanidine groups is 1. The summed E-state index contributed by atoms with van der Waals surface area (Å²) >= 11 is 0. The summed E-state index contributed by atoms with van der Waals surface area (Å²) < 4.78 is 5.58. The predicted molar refractivity (Wildman–Crippen MR) is 122 cm³/mol. The summed E-state index contributed by atoms with van der Waals surface area (Å²) in [5.74, 6) is 1.79. The molecule has 0 radical (unpaired) electrons. The van der Waals surface area contributed by atoms with Crippen molar-refractivity contribution in [1.82, 2.24) is 15.5 Å². The van der Waals surface area contributed by atoms with Gasteiger partial charge in [0.1, 0.15) is 5.76 Å². The van der Waals surface area contributed by atoms with Gasteiger partial charge in [0, 0.05) is 26.2 Å². The number of furan rings is 1. The van der Waals surface area contributed by atoms with Gasteiger partial charge in [-0.1, -0.05) is 19.3 Å². The van der Waals surface area contributed by atoms with Crippen LogP contribution in [0, 0.1) is 5.41 Å². The van der Waals surface area contributed by atoms with Crippen molar-refractivity contribution in [2.45, 2.75) is 51.5 Å². The predicted octanol–water partition coefficient (Wildman–Crippen LogP) is 3.39. The molecule has 0 spiro atoms. The molecule has 2 rings (SSSR count). The molecular formula is C20H37IN4O2. The van der Waals surface area contributed by atoms with E-state index in [-0.39, 0.29) is 42.0 Å². The lowest BCUT2D eigenvalue weighted by Gasteiger charge is -2.36. The molecule has 1 unspecified atom stereocenters. The molecule has 1 saturated carbocycles. The minimum atomic E-state index is 0. The van der Waals surface area contributed by atoms with Gasteiger partial charge in [-0.15, -0.1) is 24.0 Å². The van der Waals surface area contributed by atoms with Crippen molar-refractivity contribution in [3.63, 3.8) is 0 Å². The quantitative estimate of drug-likeness (QED) is 0.280. The maximum atomic E-state index is 9.50. The third-order valence-electron chi connectivity index (χ3n) is 5.43. The zero-order valence-corrected chi connectivity index (χ0v) is 19.4. The van der Waals surface area contributed by atoms with E-state index >= 15 is 0 Å². The van der Waals surface area contributed by atoms with Crippen LogP contribution in [0.15, 0.2) is 27.8 Å². The van der Waals surface area contributed by atoms with E-state index in [0.717, 1.165) is 37.8 Å². The molecule has 3 N–H and O–H groups in total. The van der Waals surface area contributed by atoms with Crippen LogP contribution in [0.2, 0.25) is 0 Å². The molecule has 1 aliphatic rings. The first kappa shape index (κ1) is 24.2. The largest absolute Gasteiger partial charge is 0.468 e. The smallest absolute Gasteiger partial charge is 0.191 e. The zero-order chi connectivity index (χ0) is 18.8. The van der Waals surface area contributed by atoms with Crippen LogP contribution in [0.25, 0.3) is 0 Å². The summed E-state index contributed by atoms with van der Waals surface area (Å²) in [5.41, 5.74) is 0.164. The third kappa shape index (κ3) is 7.62. The van der Waals surface area contributed by atoms with Crippen LogP contribution in [0.1, 0.15) is 57.3 Å². The molecule has 1 aromatic heterocycles. The number of hydrogen-bond acceptors (Lipinski definition) is 4. The molecule has 1 fully saturated rings. The highest BCUT2D eigenvalue weighted by molar-refractivity contribution is 14.0. The number of rotatable bonds is 9. The average Bonchev–Trinajstić information content (AvgIpc) is 3.15. The summed E-state index contributed by atoms with van der Waals surface area (Å²) in [6.45, 7) is 4.65. The van der Waals surface area contributed by atoms with E-state index < -0.39 is 0 Å². The molecule has 1 atom stereocenters. The van der Waals surface area contributed by atoms with Crippen LogP contribution < -0.4 is 10.6 Å². The summed E-state index contributed by atoms with van der Waals surface area (Å²) in [5, 5.41) is 16.3. The zero-order valence-electron chi connectivity index (χ0n) is 17.0. The fraction of sp³-hybridized carbons (Fsp3) is 0.750. The summed E-state index contributed by atoms with van der Waals surface area (Å²) in [6, 6.07) is 4.08. The maximum Gasteiger partial charge on any atom is 0.191 e. The molecule has 1 aliphatic carbocycles. The Morgan fingerprint density at radius 2 is 2.04 bits per heavy atom. The number of aliphatic hydroxyl groups is 1. The van der Waals surface area contributed by atoms with Crippen molar-refractivity contribution in [3.8, 4) is 0 Å². The molecule has 0 saturated heterocycles. The number of aliphatic hydroxyl groups excluding tert-OH is 1. The molecular weight excluding hydrogens is 455 g/mol. The number of halogens is 1. The number of nitrogens with one attached hydrogen (secondary N) is 2. The number of aliphatic imine (C=N–C) groups is 1. The SMILES string of the molecule is CCNC(=NCC1(CCO)CCCCC1)NCC(c1ccco1)N(C)C.I. The Balaban J connectivity index is 0.00000364. The average molecular weight is 492 g/mol. The highest BCUT2D eigenvalue weighted by atomic mass is 127. The van der Waals surface area contributed by atoms with Crippen molar-refractivity contribution < 1.29 is 9.52 Å². The normalized spacial score (nSPS) is 18.0. The molecule has 1 heterocycles. The Morgan fingerprint density at radius 3 is 2.59 bits per heavy atom. The summed E-state index contributed by atoms with van der Waals surface area (Å²) in [6.07, 6.45) is 8.71. The molecule has 6 nitrogen and oxygen atoms in total. The highest BCUT2D eigenvalue weighted by Gasteiger charge is 2.31. The van der Waals surface area contributed by atoms with Crippen LogP contribution in [0.4, 0.5) is 0 Å². The standard InChI is InChI=1S/C20H36N4O2.HI/c1-4-21-19(22-15-17(24(2)3)18-9-8-14-26-18)23-16-20(12-13-25)10-6-5-7-11-20;/h8-9,14,17,25H,4-7,10-13,15-16H2,1-3H3,(H2,21,22,23);1H. The van der Waals surface area contributed by atoms with Crippen LogP contribution in [0.3, 0.4) is 0 Å². The molecule has 156 valence electrons. The van der Waals surface area contributed by atoms with Crippen LogP contribution in [-0.4, -0.2) is 56.3 Å². The minimum Gasteiger partial charge on any atom is -0.468 e. The Labute approximate surface area is 181 Å². The first-order valence-electron chi connectivity index (χ1n) is 9.93. The van der Waals surface area contributed by atoms with E-state index in [9.17, 15) is 5.11 Å². The first-order chi connectivity index (χ1) is 12.6. The van der Waals surface area contributed by atoms with Gasteiger partial charge in [0.05, 0.1) is 12.3 Å². The molecule has 0 amide bonds. The number of hydrogen-bond donors (Lipinski definition) is 3. The molecule has 0 aromatic carbocycles. The van der Waals surface area contributed by atoms with Gasteiger partial charge < -0.3 is 20.2 Å². The maximum absolute atomic E-state index is 9.50. The van der Waals surface area contributed by atoms with Crippen molar-refractivity contribution in [3.05, 3.63) is 24.2 Å². The van der Waals surface area contributed by atoms with Crippen molar-refractivity contribution in [1.29, 1.82) is 0 Å². The van der Waals surface area contributed by atoms with Crippen LogP contribution in [-0.2, 0) is 0 Å².